The summed E-state index contributed by atoms with van der Waals surface area (Å²) in [5.74, 6) is 1.71. The summed E-state index contributed by atoms with van der Waals surface area (Å²) in [4.78, 5) is 13.5. The third-order valence-electron chi connectivity index (χ3n) is 5.36. The quantitative estimate of drug-likeness (QED) is 0.790. The Bertz CT molecular complexity index is 817. The topological polar surface area (TPSA) is 50.8 Å². The van der Waals surface area contributed by atoms with E-state index >= 15 is 0 Å². The SMILES string of the molecule is CCOc1ccc2c(c1OC)CCN(Cc1ccc(CNC(C)=O)cc1)C2C. The van der Waals surface area contributed by atoms with Crippen LogP contribution in [0.2, 0.25) is 0 Å². The number of ether oxygens (including phenoxy) is 2. The molecule has 1 N–H and O–H groups in total. The minimum atomic E-state index is -0.00666. The maximum absolute atomic E-state index is 11.1. The van der Waals surface area contributed by atoms with Crippen molar-refractivity contribution in [2.45, 2.75) is 46.3 Å². The van der Waals surface area contributed by atoms with Crippen LogP contribution in [0.25, 0.3) is 0 Å². The Balaban J connectivity index is 1.72. The number of amides is 1. The van der Waals surface area contributed by atoms with Crippen LogP contribution in [0, 0.1) is 0 Å². The lowest BCUT2D eigenvalue weighted by Gasteiger charge is -2.36. The number of nitrogens with zero attached hydrogens (tertiary/aromatic N) is 1. The highest BCUT2D eigenvalue weighted by Crippen LogP contribution is 2.40. The van der Waals surface area contributed by atoms with Gasteiger partial charge < -0.3 is 14.8 Å². The summed E-state index contributed by atoms with van der Waals surface area (Å²) < 4.78 is 11.4. The van der Waals surface area contributed by atoms with Crippen LogP contribution in [-0.4, -0.2) is 31.1 Å². The van der Waals surface area contributed by atoms with E-state index in [0.717, 1.165) is 36.6 Å². The summed E-state index contributed by atoms with van der Waals surface area (Å²) >= 11 is 0. The van der Waals surface area contributed by atoms with Crippen LogP contribution in [0.5, 0.6) is 11.5 Å². The molecule has 1 aliphatic heterocycles. The van der Waals surface area contributed by atoms with Crippen molar-refractivity contribution in [3.63, 3.8) is 0 Å². The molecular weight excluding hydrogens is 352 g/mol. The normalized spacial score (nSPS) is 16.4. The van der Waals surface area contributed by atoms with Crippen molar-refractivity contribution in [3.05, 3.63) is 58.7 Å². The van der Waals surface area contributed by atoms with Gasteiger partial charge in [0, 0.05) is 38.2 Å². The molecule has 1 aliphatic rings. The molecule has 0 aromatic heterocycles. The zero-order chi connectivity index (χ0) is 20.1. The van der Waals surface area contributed by atoms with Crippen molar-refractivity contribution in [2.24, 2.45) is 0 Å². The molecule has 5 heteroatoms. The summed E-state index contributed by atoms with van der Waals surface area (Å²) in [6.45, 7) is 8.87. The Labute approximate surface area is 167 Å². The fourth-order valence-electron chi connectivity index (χ4n) is 3.85. The van der Waals surface area contributed by atoms with Crippen molar-refractivity contribution in [2.75, 3.05) is 20.3 Å². The lowest BCUT2D eigenvalue weighted by molar-refractivity contribution is -0.119. The van der Waals surface area contributed by atoms with Gasteiger partial charge in [-0.1, -0.05) is 30.3 Å². The molecule has 2 aromatic rings. The van der Waals surface area contributed by atoms with Gasteiger partial charge in [-0.2, -0.15) is 0 Å². The Morgan fingerprint density at radius 2 is 1.89 bits per heavy atom. The Morgan fingerprint density at radius 1 is 1.18 bits per heavy atom. The summed E-state index contributed by atoms with van der Waals surface area (Å²) in [5.41, 5.74) is 4.97. The number of benzene rings is 2. The van der Waals surface area contributed by atoms with E-state index in [1.807, 2.05) is 13.0 Å². The van der Waals surface area contributed by atoms with Crippen LogP contribution >= 0.6 is 0 Å². The standard InChI is InChI=1S/C23H30N2O3/c1-5-28-22-11-10-20-16(2)25(13-12-21(20)23(22)27-4)15-19-8-6-18(7-9-19)14-24-17(3)26/h6-11,16H,5,12-15H2,1-4H3,(H,24,26). The second kappa shape index (κ2) is 9.11. The van der Waals surface area contributed by atoms with Crippen molar-refractivity contribution >= 4 is 5.91 Å². The van der Waals surface area contributed by atoms with E-state index in [2.05, 4.69) is 47.5 Å². The molecule has 0 aliphatic carbocycles. The number of nitrogens with one attached hydrogen (secondary N) is 1. The zero-order valence-corrected chi connectivity index (χ0v) is 17.2. The third-order valence-corrected chi connectivity index (χ3v) is 5.36. The summed E-state index contributed by atoms with van der Waals surface area (Å²) in [7, 11) is 1.72. The second-order valence-electron chi connectivity index (χ2n) is 7.22. The predicted molar refractivity (Wildman–Crippen MR) is 111 cm³/mol. The molecule has 1 amide bonds. The maximum atomic E-state index is 11.1. The molecule has 0 spiro atoms. The number of fused-ring (bicyclic) bond motifs is 1. The first-order valence-electron chi connectivity index (χ1n) is 9.92. The number of hydrogen-bond donors (Lipinski definition) is 1. The number of carbonyl (C=O) groups excluding carboxylic acids is 1. The zero-order valence-electron chi connectivity index (χ0n) is 17.2. The average Bonchev–Trinajstić information content (AvgIpc) is 2.69. The van der Waals surface area contributed by atoms with Gasteiger partial charge in [0.2, 0.25) is 5.91 Å². The molecular formula is C23H30N2O3. The average molecular weight is 383 g/mol. The van der Waals surface area contributed by atoms with Crippen molar-refractivity contribution in [1.29, 1.82) is 0 Å². The molecule has 3 rings (SSSR count). The van der Waals surface area contributed by atoms with Gasteiger partial charge in [0.1, 0.15) is 0 Å². The van der Waals surface area contributed by atoms with Crippen LogP contribution in [0.15, 0.2) is 36.4 Å². The number of hydrogen-bond acceptors (Lipinski definition) is 4. The first-order valence-corrected chi connectivity index (χ1v) is 9.92. The van der Waals surface area contributed by atoms with Gasteiger partial charge in [0.05, 0.1) is 13.7 Å². The van der Waals surface area contributed by atoms with Crippen molar-refractivity contribution < 1.29 is 14.3 Å². The number of methoxy groups -OCH3 is 1. The van der Waals surface area contributed by atoms with E-state index < -0.39 is 0 Å². The molecule has 2 aromatic carbocycles. The van der Waals surface area contributed by atoms with Crippen LogP contribution in [-0.2, 0) is 24.3 Å². The molecule has 0 bridgehead atoms. The van der Waals surface area contributed by atoms with E-state index in [4.69, 9.17) is 9.47 Å². The van der Waals surface area contributed by atoms with Crippen LogP contribution < -0.4 is 14.8 Å². The minimum Gasteiger partial charge on any atom is -0.493 e. The number of rotatable bonds is 7. The highest BCUT2D eigenvalue weighted by molar-refractivity contribution is 5.72. The lowest BCUT2D eigenvalue weighted by Crippen LogP contribution is -2.33. The van der Waals surface area contributed by atoms with Crippen molar-refractivity contribution in [3.8, 4) is 11.5 Å². The molecule has 0 saturated carbocycles. The Hall–Kier alpha value is -2.53. The molecule has 1 atom stereocenters. The monoisotopic (exact) mass is 382 g/mol. The van der Waals surface area contributed by atoms with E-state index in [-0.39, 0.29) is 5.91 Å². The van der Waals surface area contributed by atoms with Crippen LogP contribution in [0.4, 0.5) is 0 Å². The molecule has 28 heavy (non-hydrogen) atoms. The van der Waals surface area contributed by atoms with Gasteiger partial charge in [-0.3, -0.25) is 9.69 Å². The molecule has 0 radical (unpaired) electrons. The molecule has 1 heterocycles. The first kappa shape index (κ1) is 20.2. The van der Waals surface area contributed by atoms with Gasteiger partial charge >= 0.3 is 0 Å². The molecule has 0 fully saturated rings. The molecule has 0 saturated heterocycles. The molecule has 150 valence electrons. The van der Waals surface area contributed by atoms with Gasteiger partial charge in [-0.15, -0.1) is 0 Å². The highest BCUT2D eigenvalue weighted by atomic mass is 16.5. The Kier molecular flexibility index (Phi) is 6.57. The second-order valence-corrected chi connectivity index (χ2v) is 7.22. The summed E-state index contributed by atoms with van der Waals surface area (Å²) in [6.07, 6.45) is 0.949. The van der Waals surface area contributed by atoms with E-state index in [1.165, 1.54) is 23.6 Å². The molecule has 5 nitrogen and oxygen atoms in total. The Morgan fingerprint density at radius 3 is 2.54 bits per heavy atom. The van der Waals surface area contributed by atoms with Crippen LogP contribution in [0.3, 0.4) is 0 Å². The predicted octanol–water partition coefficient (Wildman–Crippen LogP) is 3.85. The smallest absolute Gasteiger partial charge is 0.217 e. The van der Waals surface area contributed by atoms with Gasteiger partial charge in [-0.05, 0) is 43.0 Å². The highest BCUT2D eigenvalue weighted by Gasteiger charge is 2.27. The fraction of sp³-hybridized carbons (Fsp3) is 0.435. The summed E-state index contributed by atoms with van der Waals surface area (Å²) in [5, 5.41) is 2.83. The maximum Gasteiger partial charge on any atom is 0.217 e. The largest absolute Gasteiger partial charge is 0.493 e. The van der Waals surface area contributed by atoms with E-state index in [9.17, 15) is 4.79 Å². The van der Waals surface area contributed by atoms with Gasteiger partial charge in [-0.25, -0.2) is 0 Å². The first-order chi connectivity index (χ1) is 13.5. The number of carbonyl (C=O) groups is 1. The van der Waals surface area contributed by atoms with E-state index in [1.54, 1.807) is 7.11 Å². The minimum absolute atomic E-state index is 0.00666. The van der Waals surface area contributed by atoms with Gasteiger partial charge in [0.15, 0.2) is 11.5 Å². The fourth-order valence-corrected chi connectivity index (χ4v) is 3.85. The molecule has 1 unspecified atom stereocenters. The van der Waals surface area contributed by atoms with E-state index in [0.29, 0.717) is 19.2 Å². The third kappa shape index (κ3) is 4.47. The van der Waals surface area contributed by atoms with Crippen LogP contribution in [0.1, 0.15) is 49.1 Å². The van der Waals surface area contributed by atoms with Crippen molar-refractivity contribution in [1.82, 2.24) is 10.2 Å². The summed E-state index contributed by atoms with van der Waals surface area (Å²) in [6, 6.07) is 13.0. The lowest BCUT2D eigenvalue weighted by atomic mass is 9.92. The van der Waals surface area contributed by atoms with Gasteiger partial charge in [0.25, 0.3) is 0 Å².